The van der Waals surface area contributed by atoms with Crippen LogP contribution in [0.3, 0.4) is 0 Å². The van der Waals surface area contributed by atoms with Crippen molar-refractivity contribution in [3.05, 3.63) is 47.0 Å². The molecule has 0 saturated heterocycles. The van der Waals surface area contributed by atoms with E-state index in [1.165, 1.54) is 18.3 Å². The first-order chi connectivity index (χ1) is 9.66. The zero-order valence-electron chi connectivity index (χ0n) is 9.80. The van der Waals surface area contributed by atoms with Gasteiger partial charge in [-0.25, -0.2) is 4.98 Å². The second-order valence-electron chi connectivity index (χ2n) is 3.85. The van der Waals surface area contributed by atoms with Gasteiger partial charge >= 0.3 is 0 Å². The van der Waals surface area contributed by atoms with Crippen LogP contribution in [0.2, 0.25) is 5.02 Å². The van der Waals surface area contributed by atoms with Crippen LogP contribution in [0.15, 0.2) is 30.5 Å². The van der Waals surface area contributed by atoms with Gasteiger partial charge in [0.05, 0.1) is 28.0 Å². The summed E-state index contributed by atoms with van der Waals surface area (Å²) in [5, 5.41) is 2.86. The van der Waals surface area contributed by atoms with Gasteiger partial charge in [0.1, 0.15) is 11.0 Å². The monoisotopic (exact) mass is 308 g/mol. The van der Waals surface area contributed by atoms with Crippen molar-refractivity contribution in [2.45, 2.75) is 0 Å². The van der Waals surface area contributed by atoms with Gasteiger partial charge in [-0.2, -0.15) is 13.1 Å². The Morgan fingerprint density at radius 1 is 1.30 bits per heavy atom. The molecule has 0 aliphatic heterocycles. The third kappa shape index (κ3) is 2.21. The summed E-state index contributed by atoms with van der Waals surface area (Å²) in [5.41, 5.74) is 1.23. The Bertz CT molecular complexity index is 807. The molecule has 0 atom stereocenters. The van der Waals surface area contributed by atoms with Crippen LogP contribution in [0, 0.1) is 5.95 Å². The number of pyridine rings is 1. The number of carbonyl (C=O) groups excluding carboxylic acids is 1. The van der Waals surface area contributed by atoms with Crippen molar-refractivity contribution in [1.82, 2.24) is 13.7 Å². The Labute approximate surface area is 121 Å². The second kappa shape index (κ2) is 5.10. The van der Waals surface area contributed by atoms with Crippen molar-refractivity contribution in [2.75, 3.05) is 5.32 Å². The average molecular weight is 309 g/mol. The second-order valence-corrected chi connectivity index (χ2v) is 4.79. The minimum atomic E-state index is -0.843. The van der Waals surface area contributed by atoms with E-state index in [0.717, 1.165) is 11.7 Å². The number of fused-ring (bicyclic) bond motifs is 1. The maximum absolute atomic E-state index is 13.5. The Morgan fingerprint density at radius 3 is 2.95 bits per heavy atom. The highest BCUT2D eigenvalue weighted by molar-refractivity contribution is 7.00. The molecule has 0 bridgehead atoms. The molecule has 0 unspecified atom stereocenters. The van der Waals surface area contributed by atoms with Gasteiger partial charge < -0.3 is 5.32 Å². The minimum Gasteiger partial charge on any atom is -0.319 e. The SMILES string of the molecule is O=C(Nc1c(Cl)ccc2nsnc12)c1cccnc1F. The minimum absolute atomic E-state index is 0.163. The van der Waals surface area contributed by atoms with Crippen molar-refractivity contribution in [2.24, 2.45) is 0 Å². The molecule has 8 heteroatoms. The predicted molar refractivity (Wildman–Crippen MR) is 74.6 cm³/mol. The third-order valence-corrected chi connectivity index (χ3v) is 3.48. The normalized spacial score (nSPS) is 10.7. The van der Waals surface area contributed by atoms with E-state index in [-0.39, 0.29) is 5.56 Å². The highest BCUT2D eigenvalue weighted by Crippen LogP contribution is 2.30. The van der Waals surface area contributed by atoms with E-state index in [4.69, 9.17) is 11.6 Å². The molecule has 1 amide bonds. The number of carbonyl (C=O) groups is 1. The molecule has 0 radical (unpaired) electrons. The zero-order valence-corrected chi connectivity index (χ0v) is 11.4. The lowest BCUT2D eigenvalue weighted by molar-refractivity contribution is 0.102. The fourth-order valence-corrected chi connectivity index (χ4v) is 2.42. The number of anilines is 1. The number of hydrogen-bond donors (Lipinski definition) is 1. The van der Waals surface area contributed by atoms with E-state index in [0.29, 0.717) is 21.7 Å². The maximum atomic E-state index is 13.5. The Kier molecular flexibility index (Phi) is 3.29. The molecule has 2 aromatic heterocycles. The molecular formula is C12H6ClFN4OS. The summed E-state index contributed by atoms with van der Waals surface area (Å²) in [5.74, 6) is -1.48. The van der Waals surface area contributed by atoms with Gasteiger partial charge in [0.15, 0.2) is 0 Å². The van der Waals surface area contributed by atoms with Gasteiger partial charge in [-0.1, -0.05) is 11.6 Å². The third-order valence-electron chi connectivity index (χ3n) is 2.62. The van der Waals surface area contributed by atoms with Crippen LogP contribution in [0.4, 0.5) is 10.1 Å². The summed E-state index contributed by atoms with van der Waals surface area (Å²) in [7, 11) is 0. The molecule has 0 saturated carbocycles. The molecule has 2 heterocycles. The zero-order chi connectivity index (χ0) is 14.1. The molecule has 5 nitrogen and oxygen atoms in total. The van der Waals surface area contributed by atoms with E-state index in [1.54, 1.807) is 12.1 Å². The number of rotatable bonds is 2. The quantitative estimate of drug-likeness (QED) is 0.739. The molecule has 1 N–H and O–H groups in total. The van der Waals surface area contributed by atoms with Crippen molar-refractivity contribution >= 4 is 46.0 Å². The van der Waals surface area contributed by atoms with E-state index in [9.17, 15) is 9.18 Å². The summed E-state index contributed by atoms with van der Waals surface area (Å²) in [6.45, 7) is 0. The molecule has 0 spiro atoms. The summed E-state index contributed by atoms with van der Waals surface area (Å²) >= 11 is 7.05. The first-order valence-corrected chi connectivity index (χ1v) is 6.60. The highest BCUT2D eigenvalue weighted by atomic mass is 35.5. The van der Waals surface area contributed by atoms with Crippen LogP contribution >= 0.6 is 23.3 Å². The number of hydrogen-bond acceptors (Lipinski definition) is 5. The van der Waals surface area contributed by atoms with Gasteiger partial charge in [-0.05, 0) is 24.3 Å². The van der Waals surface area contributed by atoms with Gasteiger partial charge in [-0.3, -0.25) is 4.79 Å². The van der Waals surface area contributed by atoms with E-state index in [1.807, 2.05) is 0 Å². The Balaban J connectivity index is 2.01. The number of nitrogens with one attached hydrogen (secondary N) is 1. The fourth-order valence-electron chi connectivity index (χ4n) is 1.68. The largest absolute Gasteiger partial charge is 0.319 e. The number of nitrogens with zero attached hydrogens (tertiary/aromatic N) is 3. The molecule has 3 aromatic rings. The Hall–Kier alpha value is -2.12. The molecule has 0 aliphatic carbocycles. The molecule has 3 rings (SSSR count). The van der Waals surface area contributed by atoms with Crippen molar-refractivity contribution < 1.29 is 9.18 Å². The number of amides is 1. The topological polar surface area (TPSA) is 67.8 Å². The summed E-state index contributed by atoms with van der Waals surface area (Å²) < 4.78 is 21.6. The van der Waals surface area contributed by atoms with Crippen LogP contribution in [-0.4, -0.2) is 19.6 Å². The molecule has 1 aromatic carbocycles. The standard InChI is InChI=1S/C12H6ClFN4OS/c13-7-3-4-8-10(18-20-17-8)9(7)16-12(19)6-2-1-5-15-11(6)14/h1-5H,(H,16,19). The van der Waals surface area contributed by atoms with Gasteiger partial charge in [-0.15, -0.1) is 0 Å². The summed E-state index contributed by atoms with van der Waals surface area (Å²) in [6, 6.07) is 6.11. The van der Waals surface area contributed by atoms with E-state index >= 15 is 0 Å². The molecule has 0 fully saturated rings. The molecule has 20 heavy (non-hydrogen) atoms. The highest BCUT2D eigenvalue weighted by Gasteiger charge is 2.16. The van der Waals surface area contributed by atoms with Crippen LogP contribution in [0.25, 0.3) is 11.0 Å². The smallest absolute Gasteiger partial charge is 0.260 e. The lowest BCUT2D eigenvalue weighted by Gasteiger charge is -2.07. The van der Waals surface area contributed by atoms with Gasteiger partial charge in [0, 0.05) is 6.20 Å². The number of halogens is 2. The van der Waals surface area contributed by atoms with Gasteiger partial charge in [0.2, 0.25) is 5.95 Å². The number of benzene rings is 1. The first kappa shape index (κ1) is 12.9. The van der Waals surface area contributed by atoms with Crippen molar-refractivity contribution in [1.29, 1.82) is 0 Å². The van der Waals surface area contributed by atoms with Crippen LogP contribution in [-0.2, 0) is 0 Å². The van der Waals surface area contributed by atoms with Crippen LogP contribution in [0.1, 0.15) is 10.4 Å². The van der Waals surface area contributed by atoms with Crippen molar-refractivity contribution in [3.8, 4) is 0 Å². The fraction of sp³-hybridized carbons (Fsp3) is 0. The van der Waals surface area contributed by atoms with Crippen LogP contribution in [0.5, 0.6) is 0 Å². The number of aromatic nitrogens is 3. The summed E-state index contributed by atoms with van der Waals surface area (Å²) in [4.78, 5) is 15.5. The van der Waals surface area contributed by atoms with Gasteiger partial charge in [0.25, 0.3) is 5.91 Å². The molecule has 0 aliphatic rings. The molecule has 100 valence electrons. The van der Waals surface area contributed by atoms with Crippen LogP contribution < -0.4 is 5.32 Å². The Morgan fingerprint density at radius 2 is 2.15 bits per heavy atom. The lowest BCUT2D eigenvalue weighted by Crippen LogP contribution is -2.15. The maximum Gasteiger partial charge on any atom is 0.260 e. The average Bonchev–Trinajstić information content (AvgIpc) is 2.91. The van der Waals surface area contributed by atoms with E-state index in [2.05, 4.69) is 19.0 Å². The van der Waals surface area contributed by atoms with Crippen molar-refractivity contribution in [3.63, 3.8) is 0 Å². The first-order valence-electron chi connectivity index (χ1n) is 5.49. The summed E-state index contributed by atoms with van der Waals surface area (Å²) in [6.07, 6.45) is 1.27. The lowest BCUT2D eigenvalue weighted by atomic mass is 10.2. The molecular weight excluding hydrogens is 303 g/mol. The van der Waals surface area contributed by atoms with E-state index < -0.39 is 11.9 Å². The predicted octanol–water partition coefficient (Wildman–Crippen LogP) is 3.13.